The van der Waals surface area contributed by atoms with E-state index in [2.05, 4.69) is 15.0 Å². The SMILES string of the molecule is CC(C)(C)NCc1nccn1COCC(F)(F)F. The van der Waals surface area contributed by atoms with E-state index in [1.807, 2.05) is 20.8 Å². The molecule has 4 nitrogen and oxygen atoms in total. The molecular weight excluding hydrogens is 247 g/mol. The Hall–Kier alpha value is -1.08. The molecule has 18 heavy (non-hydrogen) atoms. The molecule has 0 aliphatic carbocycles. The molecule has 0 amide bonds. The van der Waals surface area contributed by atoms with Crippen molar-refractivity contribution >= 4 is 0 Å². The van der Waals surface area contributed by atoms with Crippen molar-refractivity contribution in [3.63, 3.8) is 0 Å². The van der Waals surface area contributed by atoms with Crippen molar-refractivity contribution in [2.24, 2.45) is 0 Å². The van der Waals surface area contributed by atoms with E-state index < -0.39 is 12.8 Å². The van der Waals surface area contributed by atoms with Crippen LogP contribution in [0.2, 0.25) is 0 Å². The second-order valence-electron chi connectivity index (χ2n) is 5.01. The number of halogens is 3. The molecule has 0 saturated carbocycles. The number of aromatic nitrogens is 2. The molecule has 0 bridgehead atoms. The average molecular weight is 265 g/mol. The zero-order valence-electron chi connectivity index (χ0n) is 10.7. The minimum absolute atomic E-state index is 0.0798. The van der Waals surface area contributed by atoms with E-state index in [4.69, 9.17) is 0 Å². The van der Waals surface area contributed by atoms with Gasteiger partial charge in [0.15, 0.2) is 0 Å². The Morgan fingerprint density at radius 1 is 1.33 bits per heavy atom. The van der Waals surface area contributed by atoms with Crippen LogP contribution < -0.4 is 5.32 Å². The van der Waals surface area contributed by atoms with E-state index in [1.165, 1.54) is 6.20 Å². The van der Waals surface area contributed by atoms with Crippen molar-refractivity contribution in [1.82, 2.24) is 14.9 Å². The molecule has 0 saturated heterocycles. The van der Waals surface area contributed by atoms with Gasteiger partial charge in [0.25, 0.3) is 0 Å². The van der Waals surface area contributed by atoms with Gasteiger partial charge in [0.05, 0.1) is 6.54 Å². The third-order valence-corrected chi connectivity index (χ3v) is 2.07. The van der Waals surface area contributed by atoms with Crippen LogP contribution in [0.5, 0.6) is 0 Å². The summed E-state index contributed by atoms with van der Waals surface area (Å²) in [7, 11) is 0. The molecule has 0 aliphatic rings. The summed E-state index contributed by atoms with van der Waals surface area (Å²) in [6.07, 6.45) is -1.17. The highest BCUT2D eigenvalue weighted by molar-refractivity contribution is 4.92. The van der Waals surface area contributed by atoms with E-state index in [0.29, 0.717) is 12.4 Å². The van der Waals surface area contributed by atoms with E-state index in [0.717, 1.165) is 0 Å². The molecule has 1 N–H and O–H groups in total. The van der Waals surface area contributed by atoms with Gasteiger partial charge in [-0.1, -0.05) is 0 Å². The average Bonchev–Trinajstić information content (AvgIpc) is 2.59. The van der Waals surface area contributed by atoms with Crippen molar-refractivity contribution in [3.8, 4) is 0 Å². The van der Waals surface area contributed by atoms with Crippen LogP contribution in [0.25, 0.3) is 0 Å². The zero-order chi connectivity index (χ0) is 13.8. The van der Waals surface area contributed by atoms with Gasteiger partial charge < -0.3 is 14.6 Å². The number of hydrogen-bond donors (Lipinski definition) is 1. The van der Waals surface area contributed by atoms with Crippen LogP contribution in [0, 0.1) is 0 Å². The third kappa shape index (κ3) is 6.02. The van der Waals surface area contributed by atoms with Crippen LogP contribution in [0.4, 0.5) is 13.2 Å². The second-order valence-corrected chi connectivity index (χ2v) is 5.01. The Labute approximate surface area is 104 Å². The molecule has 1 heterocycles. The molecule has 1 rings (SSSR count). The number of alkyl halides is 3. The topological polar surface area (TPSA) is 39.1 Å². The number of imidazole rings is 1. The first-order chi connectivity index (χ1) is 8.17. The number of rotatable bonds is 5. The van der Waals surface area contributed by atoms with E-state index >= 15 is 0 Å². The van der Waals surface area contributed by atoms with Gasteiger partial charge in [-0.3, -0.25) is 0 Å². The number of nitrogens with one attached hydrogen (secondary N) is 1. The minimum atomic E-state index is -4.30. The summed E-state index contributed by atoms with van der Waals surface area (Å²) >= 11 is 0. The summed E-state index contributed by atoms with van der Waals surface area (Å²) in [6, 6.07) is 0. The molecule has 0 radical (unpaired) electrons. The van der Waals surface area contributed by atoms with Crippen LogP contribution in [-0.2, 0) is 18.0 Å². The van der Waals surface area contributed by atoms with Gasteiger partial charge in [0.2, 0.25) is 0 Å². The van der Waals surface area contributed by atoms with Gasteiger partial charge in [-0.05, 0) is 20.8 Å². The predicted octanol–water partition coefficient (Wildman–Crippen LogP) is 2.31. The Morgan fingerprint density at radius 3 is 2.56 bits per heavy atom. The Morgan fingerprint density at radius 2 is 2.00 bits per heavy atom. The maximum absolute atomic E-state index is 11.9. The summed E-state index contributed by atoms with van der Waals surface area (Å²) in [6.45, 7) is 5.07. The molecule has 0 aromatic carbocycles. The molecule has 1 aromatic heterocycles. The zero-order valence-corrected chi connectivity index (χ0v) is 10.7. The smallest absolute Gasteiger partial charge is 0.351 e. The van der Waals surface area contributed by atoms with Gasteiger partial charge in [-0.25, -0.2) is 4.98 Å². The maximum atomic E-state index is 11.9. The highest BCUT2D eigenvalue weighted by Crippen LogP contribution is 2.14. The molecule has 0 atom stereocenters. The molecule has 0 aliphatic heterocycles. The van der Waals surface area contributed by atoms with Crippen molar-refractivity contribution in [1.29, 1.82) is 0 Å². The maximum Gasteiger partial charge on any atom is 0.411 e. The van der Waals surface area contributed by atoms with Gasteiger partial charge >= 0.3 is 6.18 Å². The minimum Gasteiger partial charge on any atom is -0.351 e. The van der Waals surface area contributed by atoms with E-state index in [-0.39, 0.29) is 12.3 Å². The van der Waals surface area contributed by atoms with Crippen LogP contribution in [0.1, 0.15) is 26.6 Å². The Balaban J connectivity index is 2.45. The molecule has 7 heteroatoms. The van der Waals surface area contributed by atoms with Crippen molar-refractivity contribution in [2.75, 3.05) is 6.61 Å². The number of hydrogen-bond acceptors (Lipinski definition) is 3. The summed E-state index contributed by atoms with van der Waals surface area (Å²) < 4.78 is 41.9. The fourth-order valence-electron chi connectivity index (χ4n) is 1.23. The fraction of sp³-hybridized carbons (Fsp3) is 0.727. The van der Waals surface area contributed by atoms with Crippen molar-refractivity contribution in [3.05, 3.63) is 18.2 Å². The van der Waals surface area contributed by atoms with Gasteiger partial charge in [-0.15, -0.1) is 0 Å². The molecule has 1 aromatic rings. The van der Waals surface area contributed by atoms with Crippen LogP contribution in [0.15, 0.2) is 12.4 Å². The highest BCUT2D eigenvalue weighted by atomic mass is 19.4. The van der Waals surface area contributed by atoms with Crippen LogP contribution >= 0.6 is 0 Å². The third-order valence-electron chi connectivity index (χ3n) is 2.07. The second kappa shape index (κ2) is 5.71. The summed E-state index contributed by atoms with van der Waals surface area (Å²) in [5, 5.41) is 3.21. The molecular formula is C11H18F3N3O. The molecule has 104 valence electrons. The van der Waals surface area contributed by atoms with Gasteiger partial charge in [-0.2, -0.15) is 13.2 Å². The Bertz CT molecular complexity index is 368. The van der Waals surface area contributed by atoms with Crippen LogP contribution in [-0.4, -0.2) is 27.9 Å². The first kappa shape index (κ1) is 15.0. The quantitative estimate of drug-likeness (QED) is 0.888. The summed E-state index contributed by atoms with van der Waals surface area (Å²) in [4.78, 5) is 4.07. The van der Waals surface area contributed by atoms with E-state index in [9.17, 15) is 13.2 Å². The van der Waals surface area contributed by atoms with E-state index in [1.54, 1.807) is 10.8 Å². The Kier molecular flexibility index (Phi) is 4.75. The molecule has 0 unspecified atom stereocenters. The molecule has 0 spiro atoms. The standard InChI is InChI=1S/C11H18F3N3O/c1-10(2,3)16-6-9-15-4-5-17(9)8-18-7-11(12,13)14/h4-5,16H,6-8H2,1-3H3. The normalized spacial score (nSPS) is 13.0. The van der Waals surface area contributed by atoms with Crippen molar-refractivity contribution in [2.45, 2.75) is 45.8 Å². The van der Waals surface area contributed by atoms with Crippen molar-refractivity contribution < 1.29 is 17.9 Å². The predicted molar refractivity (Wildman–Crippen MR) is 60.8 cm³/mol. The number of nitrogens with zero attached hydrogens (tertiary/aromatic N) is 2. The van der Waals surface area contributed by atoms with Crippen LogP contribution in [0.3, 0.4) is 0 Å². The summed E-state index contributed by atoms with van der Waals surface area (Å²) in [5.41, 5.74) is -0.0798. The highest BCUT2D eigenvalue weighted by Gasteiger charge is 2.27. The monoisotopic (exact) mass is 265 g/mol. The summed E-state index contributed by atoms with van der Waals surface area (Å²) in [5.74, 6) is 0.645. The first-order valence-corrected chi connectivity index (χ1v) is 5.57. The lowest BCUT2D eigenvalue weighted by atomic mass is 10.1. The number of ether oxygens (including phenoxy) is 1. The lowest BCUT2D eigenvalue weighted by Gasteiger charge is -2.20. The largest absolute Gasteiger partial charge is 0.411 e. The molecule has 0 fully saturated rings. The van der Waals surface area contributed by atoms with Gasteiger partial charge in [0.1, 0.15) is 19.2 Å². The lowest BCUT2D eigenvalue weighted by molar-refractivity contribution is -0.182. The first-order valence-electron chi connectivity index (χ1n) is 5.57. The fourth-order valence-corrected chi connectivity index (χ4v) is 1.23. The lowest BCUT2D eigenvalue weighted by Crippen LogP contribution is -2.36. The van der Waals surface area contributed by atoms with Gasteiger partial charge in [0, 0.05) is 17.9 Å².